The smallest absolute Gasteiger partial charge is 0.223 e. The second-order valence-corrected chi connectivity index (χ2v) is 6.29. The zero-order chi connectivity index (χ0) is 17.6. The zero-order valence-corrected chi connectivity index (χ0v) is 18.1. The van der Waals surface area contributed by atoms with Crippen LogP contribution < -0.4 is 10.2 Å². The summed E-state index contributed by atoms with van der Waals surface area (Å²) >= 11 is 6.10. The first kappa shape index (κ1) is 20.8. The molecule has 26 heavy (non-hydrogen) atoms. The predicted octanol–water partition coefficient (Wildman–Crippen LogP) is 2.94. The van der Waals surface area contributed by atoms with Gasteiger partial charge in [-0.3, -0.25) is 0 Å². The van der Waals surface area contributed by atoms with Gasteiger partial charge in [-0.15, -0.1) is 24.0 Å². The summed E-state index contributed by atoms with van der Waals surface area (Å²) in [4.78, 5) is 13.4. The first-order valence-electron chi connectivity index (χ1n) is 8.48. The Hall–Kier alpha value is -1.55. The molecule has 0 atom stereocenters. The van der Waals surface area contributed by atoms with E-state index in [-0.39, 0.29) is 24.0 Å². The average Bonchev–Trinajstić information content (AvgIpc) is 3.04. The Morgan fingerprint density at radius 3 is 2.69 bits per heavy atom. The third kappa shape index (κ3) is 5.47. The van der Waals surface area contributed by atoms with Crippen molar-refractivity contribution in [3.05, 3.63) is 41.0 Å². The van der Waals surface area contributed by atoms with Gasteiger partial charge in [-0.25, -0.2) is 4.99 Å². The summed E-state index contributed by atoms with van der Waals surface area (Å²) in [5.74, 6) is 2.05. The van der Waals surface area contributed by atoms with Crippen LogP contribution in [0.4, 0.5) is 5.69 Å². The molecule has 1 aromatic heterocycles. The van der Waals surface area contributed by atoms with Crippen molar-refractivity contribution in [1.82, 2.24) is 20.4 Å². The van der Waals surface area contributed by atoms with E-state index in [1.165, 1.54) is 0 Å². The van der Waals surface area contributed by atoms with Gasteiger partial charge >= 0.3 is 0 Å². The van der Waals surface area contributed by atoms with Crippen molar-refractivity contribution in [2.24, 2.45) is 4.99 Å². The molecule has 1 aliphatic heterocycles. The van der Waals surface area contributed by atoms with E-state index < -0.39 is 0 Å². The van der Waals surface area contributed by atoms with Gasteiger partial charge in [-0.2, -0.15) is 4.98 Å². The molecule has 0 aliphatic carbocycles. The molecule has 0 amide bonds. The van der Waals surface area contributed by atoms with Gasteiger partial charge in [0.2, 0.25) is 5.89 Å². The van der Waals surface area contributed by atoms with Crippen LogP contribution in [0.15, 0.2) is 33.8 Å². The first-order valence-corrected chi connectivity index (χ1v) is 8.86. The molecule has 3 rings (SSSR count). The molecule has 1 aliphatic rings. The number of hydrogen-bond acceptors (Lipinski definition) is 5. The molecule has 2 aromatic rings. The van der Waals surface area contributed by atoms with Crippen molar-refractivity contribution in [3.63, 3.8) is 0 Å². The van der Waals surface area contributed by atoms with Gasteiger partial charge in [-0.05, 0) is 25.1 Å². The maximum Gasteiger partial charge on any atom is 0.223 e. The van der Waals surface area contributed by atoms with Gasteiger partial charge in [0.1, 0.15) is 6.54 Å². The number of aliphatic imine (C=N–C) groups is 1. The fourth-order valence-corrected chi connectivity index (χ4v) is 3.01. The number of piperazine rings is 1. The number of hydrogen-bond donors (Lipinski definition) is 1. The van der Waals surface area contributed by atoms with E-state index >= 15 is 0 Å². The molecule has 0 saturated carbocycles. The Bertz CT molecular complexity index is 730. The number of rotatable bonds is 4. The van der Waals surface area contributed by atoms with Gasteiger partial charge in [0.15, 0.2) is 11.8 Å². The second-order valence-electron chi connectivity index (χ2n) is 5.85. The molecule has 1 aromatic carbocycles. The fourth-order valence-electron chi connectivity index (χ4n) is 2.83. The first-order chi connectivity index (χ1) is 12.2. The number of benzene rings is 1. The highest BCUT2D eigenvalue weighted by atomic mass is 127. The lowest BCUT2D eigenvalue weighted by atomic mass is 10.2. The van der Waals surface area contributed by atoms with Gasteiger partial charge in [0.05, 0.1) is 0 Å². The van der Waals surface area contributed by atoms with Crippen LogP contribution in [0.1, 0.15) is 18.6 Å². The number of halogens is 2. The Morgan fingerprint density at radius 2 is 2.08 bits per heavy atom. The highest BCUT2D eigenvalue weighted by Gasteiger charge is 2.20. The molecular weight excluding hydrogens is 467 g/mol. The lowest BCUT2D eigenvalue weighted by molar-refractivity contribution is 0.371. The van der Waals surface area contributed by atoms with E-state index in [9.17, 15) is 0 Å². The molecule has 142 valence electrons. The van der Waals surface area contributed by atoms with Crippen molar-refractivity contribution in [2.75, 3.05) is 37.6 Å². The van der Waals surface area contributed by atoms with Gasteiger partial charge in [0, 0.05) is 50.4 Å². The van der Waals surface area contributed by atoms with Crippen molar-refractivity contribution in [2.45, 2.75) is 20.4 Å². The fraction of sp³-hybridized carbons (Fsp3) is 0.471. The maximum absolute atomic E-state index is 6.10. The highest BCUT2D eigenvalue weighted by Crippen LogP contribution is 2.20. The van der Waals surface area contributed by atoms with Crippen LogP contribution >= 0.6 is 35.6 Å². The summed E-state index contributed by atoms with van der Waals surface area (Å²) in [6.07, 6.45) is 0. The van der Waals surface area contributed by atoms with E-state index in [4.69, 9.17) is 16.1 Å². The lowest BCUT2D eigenvalue weighted by Gasteiger charge is -2.37. The average molecular weight is 491 g/mol. The number of nitrogens with one attached hydrogen (secondary N) is 1. The molecule has 0 unspecified atom stereocenters. The van der Waals surface area contributed by atoms with E-state index in [2.05, 4.69) is 43.2 Å². The van der Waals surface area contributed by atoms with Gasteiger partial charge in [-0.1, -0.05) is 22.8 Å². The number of aryl methyl sites for hydroxylation is 1. The Kier molecular flexibility index (Phi) is 7.95. The van der Waals surface area contributed by atoms with E-state index in [1.807, 2.05) is 18.2 Å². The molecule has 0 bridgehead atoms. The second kappa shape index (κ2) is 9.96. The third-order valence-electron chi connectivity index (χ3n) is 4.03. The Morgan fingerprint density at radius 1 is 1.31 bits per heavy atom. The summed E-state index contributed by atoms with van der Waals surface area (Å²) in [6, 6.07) is 7.99. The van der Waals surface area contributed by atoms with Crippen LogP contribution in [0.2, 0.25) is 5.02 Å². The maximum atomic E-state index is 6.10. The van der Waals surface area contributed by atoms with Crippen molar-refractivity contribution in [1.29, 1.82) is 0 Å². The Balaban J connectivity index is 0.00000243. The molecule has 7 nitrogen and oxygen atoms in total. The summed E-state index contributed by atoms with van der Waals surface area (Å²) in [5, 5.41) is 8.00. The highest BCUT2D eigenvalue weighted by molar-refractivity contribution is 14.0. The monoisotopic (exact) mass is 490 g/mol. The van der Waals surface area contributed by atoms with Crippen molar-refractivity contribution in [3.8, 4) is 0 Å². The standard InChI is InChI=1S/C17H23ClN6O.HI/c1-3-19-17(20-12-16-21-13(2)25-22-16)24-9-7-23(8-10-24)15-6-4-5-14(18)11-15;/h4-6,11H,3,7-10,12H2,1-2H3,(H,19,20);1H. The minimum Gasteiger partial charge on any atom is -0.368 e. The molecule has 1 N–H and O–H groups in total. The summed E-state index contributed by atoms with van der Waals surface area (Å²) in [5.41, 5.74) is 1.16. The van der Waals surface area contributed by atoms with E-state index in [1.54, 1.807) is 6.92 Å². The SMILES string of the molecule is CCNC(=NCc1noc(C)n1)N1CCN(c2cccc(Cl)c2)CC1.I. The number of anilines is 1. The molecule has 2 heterocycles. The largest absolute Gasteiger partial charge is 0.368 e. The van der Waals surface area contributed by atoms with Crippen molar-refractivity contribution >= 4 is 47.2 Å². The number of nitrogens with zero attached hydrogens (tertiary/aromatic N) is 5. The van der Waals surface area contributed by atoms with Crippen LogP contribution in [0.25, 0.3) is 0 Å². The molecule has 0 radical (unpaired) electrons. The van der Waals surface area contributed by atoms with Crippen LogP contribution in [-0.4, -0.2) is 53.7 Å². The minimum atomic E-state index is 0. The van der Waals surface area contributed by atoms with Gasteiger partial charge < -0.3 is 19.6 Å². The number of guanidine groups is 1. The zero-order valence-electron chi connectivity index (χ0n) is 15.0. The normalized spacial score (nSPS) is 15.0. The molecule has 0 spiro atoms. The van der Waals surface area contributed by atoms with E-state index in [0.29, 0.717) is 18.3 Å². The molecular formula is C17H24ClIN6O. The molecule has 9 heteroatoms. The topological polar surface area (TPSA) is 69.8 Å². The van der Waals surface area contributed by atoms with Crippen LogP contribution in [0.5, 0.6) is 0 Å². The van der Waals surface area contributed by atoms with Crippen LogP contribution in [0, 0.1) is 6.92 Å². The molecule has 1 fully saturated rings. The predicted molar refractivity (Wildman–Crippen MR) is 115 cm³/mol. The van der Waals surface area contributed by atoms with E-state index in [0.717, 1.165) is 49.4 Å². The van der Waals surface area contributed by atoms with Crippen LogP contribution in [0.3, 0.4) is 0 Å². The van der Waals surface area contributed by atoms with Crippen LogP contribution in [-0.2, 0) is 6.54 Å². The quantitative estimate of drug-likeness (QED) is 0.404. The third-order valence-corrected chi connectivity index (χ3v) is 4.26. The molecule has 1 saturated heterocycles. The number of aromatic nitrogens is 2. The summed E-state index contributed by atoms with van der Waals surface area (Å²) in [6.45, 7) is 8.70. The van der Waals surface area contributed by atoms with Crippen molar-refractivity contribution < 1.29 is 4.52 Å². The van der Waals surface area contributed by atoms with Gasteiger partial charge in [0.25, 0.3) is 0 Å². The lowest BCUT2D eigenvalue weighted by Crippen LogP contribution is -2.52. The summed E-state index contributed by atoms with van der Waals surface area (Å²) in [7, 11) is 0. The minimum absolute atomic E-state index is 0. The summed E-state index contributed by atoms with van der Waals surface area (Å²) < 4.78 is 4.99. The Labute approximate surface area is 175 Å².